The third-order valence-corrected chi connectivity index (χ3v) is 2.12. The molecule has 1 fully saturated rings. The molecule has 0 bridgehead atoms. The van der Waals surface area contributed by atoms with E-state index in [1.807, 2.05) is 12.1 Å². The minimum atomic E-state index is -0.649. The summed E-state index contributed by atoms with van der Waals surface area (Å²) in [6, 6.07) is 10.1. The SMILES string of the molecule is [O]C1COCC(Oc2cc[c]cc2)C1. The smallest absolute Gasteiger partial charge is 0.125 e. The van der Waals surface area contributed by atoms with Crippen molar-refractivity contribution in [3.63, 3.8) is 0 Å². The van der Waals surface area contributed by atoms with Gasteiger partial charge in [-0.1, -0.05) is 12.1 Å². The van der Waals surface area contributed by atoms with Crippen molar-refractivity contribution in [2.75, 3.05) is 13.2 Å². The zero-order valence-electron chi connectivity index (χ0n) is 7.81. The zero-order valence-corrected chi connectivity index (χ0v) is 7.81. The van der Waals surface area contributed by atoms with Crippen LogP contribution >= 0.6 is 0 Å². The number of ether oxygens (including phenoxy) is 2. The summed E-state index contributed by atoms with van der Waals surface area (Å²) in [5.74, 6) is 0.770. The molecule has 2 rings (SSSR count). The molecule has 2 atom stereocenters. The Morgan fingerprint density at radius 2 is 2.14 bits per heavy atom. The lowest BCUT2D eigenvalue weighted by Crippen LogP contribution is -2.35. The second-order valence-corrected chi connectivity index (χ2v) is 3.37. The molecule has 2 radical (unpaired) electrons. The van der Waals surface area contributed by atoms with Gasteiger partial charge in [0.15, 0.2) is 0 Å². The van der Waals surface area contributed by atoms with Crippen LogP contribution in [0.15, 0.2) is 24.3 Å². The van der Waals surface area contributed by atoms with E-state index in [-0.39, 0.29) is 6.10 Å². The van der Waals surface area contributed by atoms with E-state index in [2.05, 4.69) is 6.07 Å². The van der Waals surface area contributed by atoms with Crippen LogP contribution < -0.4 is 4.74 Å². The monoisotopic (exact) mass is 192 g/mol. The van der Waals surface area contributed by atoms with Crippen LogP contribution in [0.3, 0.4) is 0 Å². The predicted molar refractivity (Wildman–Crippen MR) is 49.6 cm³/mol. The minimum Gasteiger partial charge on any atom is -0.488 e. The number of hydrogen-bond acceptors (Lipinski definition) is 2. The van der Waals surface area contributed by atoms with Crippen LogP contribution in [0.25, 0.3) is 0 Å². The topological polar surface area (TPSA) is 38.4 Å². The number of rotatable bonds is 2. The van der Waals surface area contributed by atoms with E-state index < -0.39 is 6.10 Å². The van der Waals surface area contributed by atoms with Crippen molar-refractivity contribution in [2.45, 2.75) is 18.6 Å². The Morgan fingerprint density at radius 3 is 2.86 bits per heavy atom. The summed E-state index contributed by atoms with van der Waals surface area (Å²) in [6.45, 7) is 0.819. The Balaban J connectivity index is 1.91. The molecule has 0 saturated carbocycles. The first-order valence-electron chi connectivity index (χ1n) is 4.71. The standard InChI is InChI=1S/C11H12O3/c12-9-6-11(8-13-7-9)14-10-4-2-1-3-5-10/h2-5,9,11H,6-8H2. The van der Waals surface area contributed by atoms with Crippen LogP contribution in [0.4, 0.5) is 0 Å². The highest BCUT2D eigenvalue weighted by Gasteiger charge is 2.23. The van der Waals surface area contributed by atoms with Crippen molar-refractivity contribution in [1.29, 1.82) is 0 Å². The van der Waals surface area contributed by atoms with E-state index in [1.54, 1.807) is 12.1 Å². The highest BCUT2D eigenvalue weighted by molar-refractivity contribution is 5.20. The van der Waals surface area contributed by atoms with Gasteiger partial charge in [0, 0.05) is 6.42 Å². The lowest BCUT2D eigenvalue weighted by atomic mass is 10.1. The highest BCUT2D eigenvalue weighted by Crippen LogP contribution is 2.16. The summed E-state index contributed by atoms with van der Waals surface area (Å²) >= 11 is 0. The quantitative estimate of drug-likeness (QED) is 0.711. The molecular weight excluding hydrogens is 180 g/mol. The van der Waals surface area contributed by atoms with E-state index in [9.17, 15) is 5.11 Å². The maximum absolute atomic E-state index is 11.1. The van der Waals surface area contributed by atoms with Crippen molar-refractivity contribution in [3.05, 3.63) is 30.3 Å². The molecule has 1 heterocycles. The first kappa shape index (κ1) is 9.49. The first-order chi connectivity index (χ1) is 6.84. The Kier molecular flexibility index (Phi) is 3.01. The molecule has 0 spiro atoms. The van der Waals surface area contributed by atoms with Gasteiger partial charge in [0.05, 0.1) is 13.2 Å². The summed E-state index contributed by atoms with van der Waals surface area (Å²) < 4.78 is 10.7. The fourth-order valence-electron chi connectivity index (χ4n) is 1.48. The molecule has 74 valence electrons. The second kappa shape index (κ2) is 4.44. The zero-order chi connectivity index (χ0) is 9.80. The van der Waals surface area contributed by atoms with Crippen molar-refractivity contribution >= 4 is 0 Å². The van der Waals surface area contributed by atoms with Crippen molar-refractivity contribution in [1.82, 2.24) is 0 Å². The van der Waals surface area contributed by atoms with Gasteiger partial charge in [0.25, 0.3) is 0 Å². The second-order valence-electron chi connectivity index (χ2n) is 3.37. The number of benzene rings is 1. The van der Waals surface area contributed by atoms with Gasteiger partial charge in [-0.3, -0.25) is 0 Å². The molecule has 0 aromatic heterocycles. The normalized spacial score (nSPS) is 27.2. The van der Waals surface area contributed by atoms with Gasteiger partial charge in [-0.25, -0.2) is 5.11 Å². The third-order valence-electron chi connectivity index (χ3n) is 2.12. The van der Waals surface area contributed by atoms with Crippen LogP contribution in [0.5, 0.6) is 5.75 Å². The molecule has 0 aliphatic carbocycles. The van der Waals surface area contributed by atoms with Crippen molar-refractivity contribution in [2.24, 2.45) is 0 Å². The van der Waals surface area contributed by atoms with Crippen LogP contribution in [0, 0.1) is 6.07 Å². The van der Waals surface area contributed by atoms with E-state index >= 15 is 0 Å². The van der Waals surface area contributed by atoms with Gasteiger partial charge < -0.3 is 9.47 Å². The molecule has 1 aliphatic rings. The largest absolute Gasteiger partial charge is 0.488 e. The molecule has 0 N–H and O–H groups in total. The molecule has 1 aliphatic heterocycles. The predicted octanol–water partition coefficient (Wildman–Crippen LogP) is 1.45. The molecular formula is C11H12O3. The number of hydrogen-bond donors (Lipinski definition) is 0. The van der Waals surface area contributed by atoms with Gasteiger partial charge in [-0.2, -0.15) is 0 Å². The van der Waals surface area contributed by atoms with E-state index in [4.69, 9.17) is 9.47 Å². The van der Waals surface area contributed by atoms with Gasteiger partial charge in [-0.05, 0) is 18.2 Å². The van der Waals surface area contributed by atoms with Gasteiger partial charge in [0.1, 0.15) is 18.0 Å². The maximum Gasteiger partial charge on any atom is 0.125 e. The maximum atomic E-state index is 11.1. The van der Waals surface area contributed by atoms with Gasteiger partial charge in [0.2, 0.25) is 0 Å². The molecule has 1 saturated heterocycles. The minimum absolute atomic E-state index is 0.103. The molecule has 1 aromatic rings. The lowest BCUT2D eigenvalue weighted by molar-refractivity contribution is -0.0871. The Morgan fingerprint density at radius 1 is 1.36 bits per heavy atom. The molecule has 0 amide bonds. The summed E-state index contributed by atoms with van der Waals surface area (Å²) in [5, 5.41) is 11.1. The summed E-state index contributed by atoms with van der Waals surface area (Å²) in [4.78, 5) is 0. The van der Waals surface area contributed by atoms with E-state index in [0.717, 1.165) is 5.75 Å². The summed E-state index contributed by atoms with van der Waals surface area (Å²) in [7, 11) is 0. The van der Waals surface area contributed by atoms with Gasteiger partial charge in [-0.15, -0.1) is 0 Å². The van der Waals surface area contributed by atoms with Crippen molar-refractivity contribution < 1.29 is 14.6 Å². The fraction of sp³-hybridized carbons (Fsp3) is 0.455. The summed E-state index contributed by atoms with van der Waals surface area (Å²) in [6.07, 6.45) is -0.226. The highest BCUT2D eigenvalue weighted by atomic mass is 16.5. The Hall–Kier alpha value is -1.06. The van der Waals surface area contributed by atoms with Crippen LogP contribution in [-0.4, -0.2) is 25.4 Å². The average molecular weight is 192 g/mol. The van der Waals surface area contributed by atoms with E-state index in [1.165, 1.54) is 0 Å². The average Bonchev–Trinajstić information content (AvgIpc) is 2.19. The Labute approximate surface area is 83.3 Å². The summed E-state index contributed by atoms with van der Waals surface area (Å²) in [5.41, 5.74) is 0. The lowest BCUT2D eigenvalue weighted by Gasteiger charge is -2.25. The third kappa shape index (κ3) is 2.47. The first-order valence-corrected chi connectivity index (χ1v) is 4.71. The van der Waals surface area contributed by atoms with E-state index in [0.29, 0.717) is 19.6 Å². The van der Waals surface area contributed by atoms with Crippen LogP contribution in [-0.2, 0) is 9.84 Å². The molecule has 3 nitrogen and oxygen atoms in total. The Bertz CT molecular complexity index is 273. The molecule has 2 unspecified atom stereocenters. The van der Waals surface area contributed by atoms with Gasteiger partial charge >= 0.3 is 0 Å². The molecule has 14 heavy (non-hydrogen) atoms. The fourth-order valence-corrected chi connectivity index (χ4v) is 1.48. The van der Waals surface area contributed by atoms with Crippen LogP contribution in [0.1, 0.15) is 6.42 Å². The molecule has 1 aromatic carbocycles. The molecule has 3 heteroatoms. The van der Waals surface area contributed by atoms with Crippen LogP contribution in [0.2, 0.25) is 0 Å². The van der Waals surface area contributed by atoms with Crippen molar-refractivity contribution in [3.8, 4) is 5.75 Å².